The number of aryl methyl sites for hydroxylation is 1. The van der Waals surface area contributed by atoms with Gasteiger partial charge in [0.1, 0.15) is 11.5 Å². The molecule has 0 aromatic carbocycles. The summed E-state index contributed by atoms with van der Waals surface area (Å²) in [5.41, 5.74) is 0. The predicted molar refractivity (Wildman–Crippen MR) is 65.5 cm³/mol. The van der Waals surface area contributed by atoms with Crippen LogP contribution in [0.25, 0.3) is 0 Å². The molecule has 1 aliphatic rings. The van der Waals surface area contributed by atoms with Crippen molar-refractivity contribution in [2.75, 3.05) is 6.54 Å². The molecule has 1 N–H and O–H groups in total. The molecule has 94 valence electrons. The van der Waals surface area contributed by atoms with Crippen molar-refractivity contribution in [1.82, 2.24) is 10.2 Å². The van der Waals surface area contributed by atoms with Gasteiger partial charge in [-0.3, -0.25) is 4.79 Å². The number of nitrogens with zero attached hydrogens (tertiary/aromatic N) is 1. The van der Waals surface area contributed by atoms with Crippen LogP contribution in [0.2, 0.25) is 0 Å². The van der Waals surface area contributed by atoms with E-state index in [-0.39, 0.29) is 11.9 Å². The smallest absolute Gasteiger partial charge is 0.240 e. The van der Waals surface area contributed by atoms with Crippen molar-refractivity contribution >= 4 is 5.91 Å². The average Bonchev–Trinajstić information content (AvgIpc) is 2.79. The molecule has 1 aliphatic heterocycles. The number of nitrogens with one attached hydrogen (secondary N) is 1. The van der Waals surface area contributed by atoms with E-state index in [4.69, 9.17) is 4.42 Å². The van der Waals surface area contributed by atoms with E-state index in [1.54, 1.807) is 0 Å². The number of hydrogen-bond acceptors (Lipinski definition) is 3. The Morgan fingerprint density at radius 3 is 2.88 bits per heavy atom. The zero-order valence-electron chi connectivity index (χ0n) is 10.7. The zero-order chi connectivity index (χ0) is 12.4. The molecule has 1 amide bonds. The van der Waals surface area contributed by atoms with Gasteiger partial charge in [-0.2, -0.15) is 0 Å². The van der Waals surface area contributed by atoms with Crippen LogP contribution < -0.4 is 5.32 Å². The lowest BCUT2D eigenvalue weighted by Crippen LogP contribution is -2.41. The highest BCUT2D eigenvalue weighted by Crippen LogP contribution is 2.17. The fourth-order valence-corrected chi connectivity index (χ4v) is 2.21. The Bertz CT molecular complexity index is 398. The SMILES string of the molecule is Cc1ccc(CN2CCC(NC(C)C)C2=O)o1. The van der Waals surface area contributed by atoms with Gasteiger partial charge in [-0.15, -0.1) is 0 Å². The molecular formula is C13H20N2O2. The number of likely N-dealkylation sites (tertiary alicyclic amines) is 1. The molecule has 0 saturated carbocycles. The Labute approximate surface area is 102 Å². The summed E-state index contributed by atoms with van der Waals surface area (Å²) in [7, 11) is 0. The highest BCUT2D eigenvalue weighted by Gasteiger charge is 2.31. The number of hydrogen-bond donors (Lipinski definition) is 1. The second kappa shape index (κ2) is 4.92. The van der Waals surface area contributed by atoms with Crippen LogP contribution in [0.15, 0.2) is 16.5 Å². The minimum absolute atomic E-state index is 0.0222. The molecule has 1 aromatic heterocycles. The first kappa shape index (κ1) is 12.2. The van der Waals surface area contributed by atoms with Gasteiger partial charge >= 0.3 is 0 Å². The number of carbonyl (C=O) groups excluding carboxylic acids is 1. The number of carbonyl (C=O) groups is 1. The predicted octanol–water partition coefficient (Wildman–Crippen LogP) is 1.69. The van der Waals surface area contributed by atoms with Crippen LogP contribution in [0.3, 0.4) is 0 Å². The van der Waals surface area contributed by atoms with Gasteiger partial charge in [0.05, 0.1) is 12.6 Å². The van der Waals surface area contributed by atoms with E-state index >= 15 is 0 Å². The third-order valence-corrected chi connectivity index (χ3v) is 2.97. The van der Waals surface area contributed by atoms with Gasteiger partial charge in [-0.25, -0.2) is 0 Å². The van der Waals surface area contributed by atoms with Gasteiger partial charge in [-0.1, -0.05) is 13.8 Å². The van der Waals surface area contributed by atoms with Crippen LogP contribution in [0.5, 0.6) is 0 Å². The normalized spacial score (nSPS) is 20.6. The van der Waals surface area contributed by atoms with Crippen molar-refractivity contribution in [1.29, 1.82) is 0 Å². The second-order valence-electron chi connectivity index (χ2n) is 4.93. The summed E-state index contributed by atoms with van der Waals surface area (Å²) in [6.45, 7) is 7.43. The maximum atomic E-state index is 12.1. The average molecular weight is 236 g/mol. The van der Waals surface area contributed by atoms with Crippen LogP contribution in [-0.4, -0.2) is 29.4 Å². The molecule has 0 bridgehead atoms. The molecule has 2 heterocycles. The van der Waals surface area contributed by atoms with Crippen molar-refractivity contribution < 1.29 is 9.21 Å². The fraction of sp³-hybridized carbons (Fsp3) is 0.615. The van der Waals surface area contributed by atoms with Gasteiger partial charge in [0.15, 0.2) is 0 Å². The van der Waals surface area contributed by atoms with Gasteiger partial charge in [0.2, 0.25) is 5.91 Å². The minimum atomic E-state index is -0.0222. The summed E-state index contributed by atoms with van der Waals surface area (Å²) >= 11 is 0. The zero-order valence-corrected chi connectivity index (χ0v) is 10.7. The Kier molecular flexibility index (Phi) is 3.52. The van der Waals surface area contributed by atoms with Gasteiger partial charge < -0.3 is 14.6 Å². The molecule has 2 rings (SSSR count). The number of amides is 1. The quantitative estimate of drug-likeness (QED) is 0.865. The fourth-order valence-electron chi connectivity index (χ4n) is 2.21. The maximum absolute atomic E-state index is 12.1. The molecule has 1 saturated heterocycles. The lowest BCUT2D eigenvalue weighted by Gasteiger charge is -2.17. The number of furan rings is 1. The van der Waals surface area contributed by atoms with Gasteiger partial charge in [0.25, 0.3) is 0 Å². The molecule has 0 radical (unpaired) electrons. The maximum Gasteiger partial charge on any atom is 0.240 e. The monoisotopic (exact) mass is 236 g/mol. The van der Waals surface area contributed by atoms with E-state index in [9.17, 15) is 4.79 Å². The van der Waals surface area contributed by atoms with Gasteiger partial charge in [-0.05, 0) is 25.5 Å². The Hall–Kier alpha value is -1.29. The lowest BCUT2D eigenvalue weighted by molar-refractivity contribution is -0.130. The Morgan fingerprint density at radius 2 is 2.29 bits per heavy atom. The van der Waals surface area contributed by atoms with E-state index in [0.29, 0.717) is 12.6 Å². The third-order valence-electron chi connectivity index (χ3n) is 2.97. The molecule has 1 aromatic rings. The molecule has 1 fully saturated rings. The van der Waals surface area contributed by atoms with E-state index in [2.05, 4.69) is 19.2 Å². The summed E-state index contributed by atoms with van der Waals surface area (Å²) in [5, 5.41) is 3.29. The van der Waals surface area contributed by atoms with Crippen molar-refractivity contribution in [3.05, 3.63) is 23.7 Å². The third kappa shape index (κ3) is 2.88. The molecular weight excluding hydrogens is 216 g/mol. The van der Waals surface area contributed by atoms with E-state index in [0.717, 1.165) is 24.5 Å². The van der Waals surface area contributed by atoms with Crippen molar-refractivity contribution in [2.45, 2.75) is 45.8 Å². The van der Waals surface area contributed by atoms with E-state index < -0.39 is 0 Å². The summed E-state index contributed by atoms with van der Waals surface area (Å²) in [6, 6.07) is 4.19. The molecule has 1 unspecified atom stereocenters. The molecule has 4 heteroatoms. The van der Waals surface area contributed by atoms with Crippen LogP contribution >= 0.6 is 0 Å². The number of rotatable bonds is 4. The van der Waals surface area contributed by atoms with Crippen molar-refractivity contribution in [3.8, 4) is 0 Å². The van der Waals surface area contributed by atoms with Crippen LogP contribution in [0, 0.1) is 6.92 Å². The molecule has 17 heavy (non-hydrogen) atoms. The van der Waals surface area contributed by atoms with E-state index in [1.165, 1.54) is 0 Å². The summed E-state index contributed by atoms with van der Waals surface area (Å²) < 4.78 is 5.50. The standard InChI is InChI=1S/C13H20N2O2/c1-9(2)14-12-6-7-15(13(12)16)8-11-5-4-10(3)17-11/h4-5,9,12,14H,6-8H2,1-3H3. The first-order valence-corrected chi connectivity index (χ1v) is 6.16. The summed E-state index contributed by atoms with van der Waals surface area (Å²) in [4.78, 5) is 13.9. The Morgan fingerprint density at radius 1 is 1.53 bits per heavy atom. The van der Waals surface area contributed by atoms with Crippen molar-refractivity contribution in [2.24, 2.45) is 0 Å². The van der Waals surface area contributed by atoms with Crippen LogP contribution in [-0.2, 0) is 11.3 Å². The van der Waals surface area contributed by atoms with Crippen molar-refractivity contribution in [3.63, 3.8) is 0 Å². The highest BCUT2D eigenvalue weighted by atomic mass is 16.3. The molecule has 0 aliphatic carbocycles. The van der Waals surface area contributed by atoms with Crippen LogP contribution in [0.1, 0.15) is 31.8 Å². The highest BCUT2D eigenvalue weighted by molar-refractivity contribution is 5.83. The summed E-state index contributed by atoms with van der Waals surface area (Å²) in [6.07, 6.45) is 0.886. The van der Waals surface area contributed by atoms with E-state index in [1.807, 2.05) is 24.0 Å². The molecule has 1 atom stereocenters. The first-order chi connectivity index (χ1) is 8.06. The molecule has 4 nitrogen and oxygen atoms in total. The summed E-state index contributed by atoms with van der Waals surface area (Å²) in [5.74, 6) is 1.94. The molecule has 0 spiro atoms. The van der Waals surface area contributed by atoms with Gasteiger partial charge in [0, 0.05) is 12.6 Å². The largest absolute Gasteiger partial charge is 0.464 e. The minimum Gasteiger partial charge on any atom is -0.464 e. The topological polar surface area (TPSA) is 45.5 Å². The van der Waals surface area contributed by atoms with Crippen LogP contribution in [0.4, 0.5) is 0 Å². The lowest BCUT2D eigenvalue weighted by atomic mass is 10.2. The second-order valence-corrected chi connectivity index (χ2v) is 4.93. The first-order valence-electron chi connectivity index (χ1n) is 6.16. The Balaban J connectivity index is 1.93.